The summed E-state index contributed by atoms with van der Waals surface area (Å²) in [7, 11) is 0. The van der Waals surface area contributed by atoms with Crippen LogP contribution in [0.1, 0.15) is 22.5 Å². The van der Waals surface area contributed by atoms with Gasteiger partial charge in [-0.05, 0) is 49.7 Å². The summed E-state index contributed by atoms with van der Waals surface area (Å²) >= 11 is 6.09. The van der Waals surface area contributed by atoms with Crippen molar-refractivity contribution >= 4 is 29.6 Å². The lowest BCUT2D eigenvalue weighted by molar-refractivity contribution is -0.139. The van der Waals surface area contributed by atoms with Crippen molar-refractivity contribution in [1.82, 2.24) is 20.3 Å². The van der Waals surface area contributed by atoms with Crippen LogP contribution in [0.25, 0.3) is 5.69 Å². The molecule has 2 heterocycles. The zero-order valence-electron chi connectivity index (χ0n) is 16.0. The van der Waals surface area contributed by atoms with E-state index in [2.05, 4.69) is 20.8 Å². The lowest BCUT2D eigenvalue weighted by Gasteiger charge is -2.09. The van der Waals surface area contributed by atoms with Crippen molar-refractivity contribution in [3.8, 4) is 5.69 Å². The minimum atomic E-state index is -0.839. The Morgan fingerprint density at radius 1 is 1.17 bits per heavy atom. The molecule has 3 aromatic rings. The Hall–Kier alpha value is -3.45. The summed E-state index contributed by atoms with van der Waals surface area (Å²) in [5, 5.41) is 7.07. The molecule has 0 bridgehead atoms. The van der Waals surface area contributed by atoms with E-state index in [9.17, 15) is 9.59 Å². The van der Waals surface area contributed by atoms with E-state index in [0.29, 0.717) is 5.02 Å². The maximum atomic E-state index is 11.9. The van der Waals surface area contributed by atoms with Gasteiger partial charge in [0.2, 0.25) is 0 Å². The Balaban J connectivity index is 1.62. The molecule has 0 fully saturated rings. The summed E-state index contributed by atoms with van der Waals surface area (Å²) in [6.45, 7) is 4.12. The molecule has 3 rings (SSSR count). The average molecular weight is 410 g/mol. The monoisotopic (exact) mass is 409 g/mol. The van der Waals surface area contributed by atoms with Crippen LogP contribution in [0.15, 0.2) is 60.0 Å². The fraction of sp³-hybridized carbons (Fsp3) is 0.143. The number of hydrogen-bond donors (Lipinski definition) is 2. The largest absolute Gasteiger partial charge is 0.344 e. The van der Waals surface area contributed by atoms with Crippen LogP contribution in [0, 0.1) is 13.8 Å². The number of hydrogen-bond acceptors (Lipinski definition) is 4. The van der Waals surface area contributed by atoms with Gasteiger partial charge in [0.15, 0.2) is 0 Å². The quantitative estimate of drug-likeness (QED) is 0.386. The minimum absolute atomic E-state index is 0.213. The third-order valence-corrected chi connectivity index (χ3v) is 4.52. The van der Waals surface area contributed by atoms with Gasteiger partial charge in [0.1, 0.15) is 0 Å². The van der Waals surface area contributed by atoms with Crippen LogP contribution in [-0.4, -0.2) is 27.6 Å². The smallest absolute Gasteiger partial charge is 0.329 e. The van der Waals surface area contributed by atoms with E-state index >= 15 is 0 Å². The van der Waals surface area contributed by atoms with Crippen LogP contribution in [0.5, 0.6) is 0 Å². The topological polar surface area (TPSA) is 88.4 Å². The minimum Gasteiger partial charge on any atom is -0.344 e. The molecular weight excluding hydrogens is 390 g/mol. The van der Waals surface area contributed by atoms with Gasteiger partial charge in [-0.25, -0.2) is 5.43 Å². The lowest BCUT2D eigenvalue weighted by atomic mass is 10.2. The van der Waals surface area contributed by atoms with Crippen LogP contribution < -0.4 is 10.7 Å². The molecule has 148 valence electrons. The van der Waals surface area contributed by atoms with Crippen molar-refractivity contribution in [2.75, 3.05) is 0 Å². The van der Waals surface area contributed by atoms with Crippen molar-refractivity contribution in [2.45, 2.75) is 20.4 Å². The van der Waals surface area contributed by atoms with E-state index in [1.54, 1.807) is 24.5 Å². The number of amides is 2. The second-order valence-electron chi connectivity index (χ2n) is 6.38. The number of nitrogens with one attached hydrogen (secondary N) is 2. The van der Waals surface area contributed by atoms with Gasteiger partial charge in [0.05, 0.1) is 6.21 Å². The Labute approximate surface area is 173 Å². The summed E-state index contributed by atoms with van der Waals surface area (Å²) in [6.07, 6.45) is 4.76. The van der Waals surface area contributed by atoms with Crippen molar-refractivity contribution in [1.29, 1.82) is 0 Å². The van der Waals surface area contributed by atoms with Gasteiger partial charge in [-0.2, -0.15) is 5.10 Å². The van der Waals surface area contributed by atoms with Crippen LogP contribution in [0.2, 0.25) is 5.02 Å². The summed E-state index contributed by atoms with van der Waals surface area (Å²) in [5.41, 5.74) is 6.72. The molecule has 2 N–H and O–H groups in total. The van der Waals surface area contributed by atoms with Crippen molar-refractivity contribution in [3.63, 3.8) is 0 Å². The highest BCUT2D eigenvalue weighted by atomic mass is 35.5. The molecule has 0 aliphatic rings. The third kappa shape index (κ3) is 5.08. The summed E-state index contributed by atoms with van der Waals surface area (Å²) in [5.74, 6) is -1.61. The summed E-state index contributed by atoms with van der Waals surface area (Å²) < 4.78 is 2.04. The van der Waals surface area contributed by atoms with Crippen LogP contribution in [0.4, 0.5) is 0 Å². The number of hydrazone groups is 1. The number of halogens is 1. The van der Waals surface area contributed by atoms with Gasteiger partial charge in [-0.3, -0.25) is 14.6 Å². The molecule has 7 nitrogen and oxygen atoms in total. The van der Waals surface area contributed by atoms with Gasteiger partial charge in [0, 0.05) is 46.6 Å². The SMILES string of the molecule is Cc1cc(/C=N/NC(=O)C(=O)NCc2cccnc2)c(C)n1-c1cccc(Cl)c1. The predicted octanol–water partition coefficient (Wildman–Crippen LogP) is 2.91. The van der Waals surface area contributed by atoms with Crippen LogP contribution in [0.3, 0.4) is 0 Å². The number of aryl methyl sites for hydroxylation is 1. The lowest BCUT2D eigenvalue weighted by Crippen LogP contribution is -2.37. The maximum absolute atomic E-state index is 11.9. The normalized spacial score (nSPS) is 10.9. The molecule has 2 aromatic heterocycles. The molecule has 0 spiro atoms. The number of benzene rings is 1. The number of rotatable bonds is 5. The molecular formula is C21H20ClN5O2. The first-order valence-electron chi connectivity index (χ1n) is 8.90. The molecule has 0 saturated carbocycles. The predicted molar refractivity (Wildman–Crippen MR) is 112 cm³/mol. The van der Waals surface area contributed by atoms with E-state index in [-0.39, 0.29) is 6.54 Å². The van der Waals surface area contributed by atoms with Gasteiger partial charge in [-0.1, -0.05) is 23.7 Å². The standard InChI is InChI=1S/C21H20ClN5O2/c1-14-9-17(15(2)27(14)19-7-3-6-18(22)10-19)13-25-26-21(29)20(28)24-12-16-5-4-8-23-11-16/h3-11,13H,12H2,1-2H3,(H,24,28)(H,26,29)/b25-13+. The number of carbonyl (C=O) groups is 2. The first-order chi connectivity index (χ1) is 14.0. The van der Waals surface area contributed by atoms with E-state index in [1.807, 2.05) is 48.7 Å². The fourth-order valence-corrected chi connectivity index (χ4v) is 3.09. The number of pyridine rings is 1. The highest BCUT2D eigenvalue weighted by Crippen LogP contribution is 2.22. The zero-order valence-corrected chi connectivity index (χ0v) is 16.8. The van der Waals surface area contributed by atoms with Crippen LogP contribution in [-0.2, 0) is 16.1 Å². The van der Waals surface area contributed by atoms with E-state index in [1.165, 1.54) is 6.21 Å². The molecule has 8 heteroatoms. The van der Waals surface area contributed by atoms with Crippen molar-refractivity contribution in [3.05, 3.63) is 82.4 Å². The fourth-order valence-electron chi connectivity index (χ4n) is 2.91. The highest BCUT2D eigenvalue weighted by Gasteiger charge is 2.13. The summed E-state index contributed by atoms with van der Waals surface area (Å²) in [4.78, 5) is 27.7. The van der Waals surface area contributed by atoms with E-state index < -0.39 is 11.8 Å². The Morgan fingerprint density at radius 2 is 2.00 bits per heavy atom. The molecule has 0 aliphatic heterocycles. The number of nitrogens with zero attached hydrogens (tertiary/aromatic N) is 3. The van der Waals surface area contributed by atoms with Crippen LogP contribution >= 0.6 is 11.6 Å². The average Bonchev–Trinajstić information content (AvgIpc) is 3.00. The Morgan fingerprint density at radius 3 is 2.72 bits per heavy atom. The molecule has 0 saturated heterocycles. The van der Waals surface area contributed by atoms with Gasteiger partial charge < -0.3 is 9.88 Å². The second kappa shape index (κ2) is 9.16. The van der Waals surface area contributed by atoms with E-state index in [0.717, 1.165) is 28.2 Å². The van der Waals surface area contributed by atoms with Gasteiger partial charge in [-0.15, -0.1) is 0 Å². The molecule has 1 aromatic carbocycles. The molecule has 0 aliphatic carbocycles. The number of aromatic nitrogens is 2. The molecule has 2 amide bonds. The first kappa shape index (κ1) is 20.3. The van der Waals surface area contributed by atoms with Gasteiger partial charge in [0.25, 0.3) is 0 Å². The zero-order chi connectivity index (χ0) is 20.8. The summed E-state index contributed by atoms with van der Waals surface area (Å²) in [6, 6.07) is 13.0. The van der Waals surface area contributed by atoms with E-state index in [4.69, 9.17) is 11.6 Å². The maximum Gasteiger partial charge on any atom is 0.329 e. The molecule has 0 radical (unpaired) electrons. The Bertz CT molecular complexity index is 1060. The third-order valence-electron chi connectivity index (χ3n) is 4.29. The van der Waals surface area contributed by atoms with Crippen molar-refractivity contribution in [2.24, 2.45) is 5.10 Å². The molecule has 29 heavy (non-hydrogen) atoms. The Kier molecular flexibility index (Phi) is 6.41. The molecule has 0 atom stereocenters. The van der Waals surface area contributed by atoms with Gasteiger partial charge >= 0.3 is 11.8 Å². The number of carbonyl (C=O) groups excluding carboxylic acids is 2. The first-order valence-corrected chi connectivity index (χ1v) is 9.28. The second-order valence-corrected chi connectivity index (χ2v) is 6.82. The van der Waals surface area contributed by atoms with Crippen molar-refractivity contribution < 1.29 is 9.59 Å². The highest BCUT2D eigenvalue weighted by molar-refractivity contribution is 6.35. The molecule has 0 unspecified atom stereocenters.